The molecular weight excluding hydrogens is 624 g/mol. The van der Waals surface area contributed by atoms with Gasteiger partial charge < -0.3 is 38.9 Å². The molecule has 0 amide bonds. The summed E-state index contributed by atoms with van der Waals surface area (Å²) < 4.78 is 41.5. The average molecular weight is 651 g/mol. The number of hydrogen-bond donors (Lipinski definition) is 6. The number of nitrogens with zero attached hydrogens (tertiary/aromatic N) is 4. The maximum absolute atomic E-state index is 12.2. The first-order chi connectivity index (χ1) is 19.7. The Labute approximate surface area is 240 Å². The molecule has 2 aliphatic heterocycles. The number of H-pyrrole nitrogens is 2. The van der Waals surface area contributed by atoms with Crippen LogP contribution in [0.1, 0.15) is 37.3 Å². The molecule has 0 aromatic carbocycles. The van der Waals surface area contributed by atoms with Crippen LogP contribution in [0.2, 0.25) is 0 Å². The van der Waals surface area contributed by atoms with Crippen molar-refractivity contribution in [1.29, 1.82) is 0 Å². The number of aromatic nitrogens is 6. The fourth-order valence-corrected chi connectivity index (χ4v) is 6.48. The third kappa shape index (κ3) is 6.95. The van der Waals surface area contributed by atoms with Crippen LogP contribution in [0.15, 0.2) is 26.9 Å². The number of aryl methyl sites for hydroxylation is 1. The first-order valence-electron chi connectivity index (χ1n) is 12.4. The van der Waals surface area contributed by atoms with Gasteiger partial charge >= 0.3 is 20.2 Å². The lowest BCUT2D eigenvalue weighted by molar-refractivity contribution is -0.0442. The van der Waals surface area contributed by atoms with E-state index < -0.39 is 68.7 Å². The van der Waals surface area contributed by atoms with E-state index in [1.54, 1.807) is 6.92 Å². The minimum atomic E-state index is -4.90. The Hall–Kier alpha value is -2.61. The van der Waals surface area contributed by atoms with Gasteiger partial charge in [0.1, 0.15) is 18.6 Å². The van der Waals surface area contributed by atoms with E-state index in [2.05, 4.69) is 24.5 Å². The van der Waals surface area contributed by atoms with Gasteiger partial charge in [0.05, 0.1) is 31.7 Å². The number of phosphoric ester groups is 1. The molecule has 0 radical (unpaired) electrons. The van der Waals surface area contributed by atoms with E-state index in [0.29, 0.717) is 18.4 Å². The van der Waals surface area contributed by atoms with Crippen LogP contribution in [0, 0.1) is 6.92 Å². The van der Waals surface area contributed by atoms with Crippen molar-refractivity contribution in [2.24, 2.45) is 0 Å². The summed E-state index contributed by atoms with van der Waals surface area (Å²) in [7, 11) is -4.90. The van der Waals surface area contributed by atoms with Gasteiger partial charge in [-0.1, -0.05) is 0 Å². The van der Waals surface area contributed by atoms with Crippen molar-refractivity contribution in [2.75, 3.05) is 18.9 Å². The van der Waals surface area contributed by atoms with Crippen LogP contribution >= 0.6 is 14.5 Å². The molecule has 6 atom stereocenters. The SMILES string of the molecule is Cc1cn([C@H]2CC[C@@H](COP(O)(=S)OC3C[C@H](n4cnc5c(=O)[nH]c(N)nc54)O[C@@H]3COP(=O)(O)O)O2)c(=O)[nH]c1=O. The molecule has 2 aliphatic rings. The molecule has 2 fully saturated rings. The number of rotatable bonds is 10. The van der Waals surface area contributed by atoms with Crippen molar-refractivity contribution in [2.45, 2.75) is 57.0 Å². The van der Waals surface area contributed by atoms with Gasteiger partial charge in [0.25, 0.3) is 11.1 Å². The number of phosphoric acid groups is 1. The summed E-state index contributed by atoms with van der Waals surface area (Å²) in [5.74, 6) is -0.169. The van der Waals surface area contributed by atoms with Gasteiger partial charge in [-0.05, 0) is 31.6 Å². The number of nitrogen functional groups attached to an aromatic ring is 1. The third-order valence-corrected chi connectivity index (χ3v) is 8.65. The lowest BCUT2D eigenvalue weighted by Crippen LogP contribution is -2.33. The maximum atomic E-state index is 12.2. The number of aromatic amines is 2. The second kappa shape index (κ2) is 11.8. The van der Waals surface area contributed by atoms with Crippen LogP contribution in [0.3, 0.4) is 0 Å². The largest absolute Gasteiger partial charge is 0.469 e. The standard InChI is InChI=1S/C20H27N7O12P2S/c1-9-5-26(20(30)25-17(9)28)13-3-2-10(37-13)6-36-41(34,42)39-11-4-14(38-12(11)7-35-40(31,32)33)27-8-22-15-16(27)23-19(21)24-18(15)29/h5,8,10-14H,2-4,6-7H2,1H3,(H,34,42)(H,25,28,30)(H2,31,32,33)(H3,21,23,24,29)/t10-,11?,12+,13+,14+,41?/m0/s1. The number of nitrogens with two attached hydrogens (primary N) is 1. The number of hydrogen-bond acceptors (Lipinski definition) is 13. The average Bonchev–Trinajstić information content (AvgIpc) is 3.62. The van der Waals surface area contributed by atoms with Crippen LogP contribution in [0.5, 0.6) is 0 Å². The minimum absolute atomic E-state index is 0.0232. The molecule has 3 aromatic heterocycles. The highest BCUT2D eigenvalue weighted by Crippen LogP contribution is 2.50. The third-order valence-electron chi connectivity index (χ3n) is 6.58. The van der Waals surface area contributed by atoms with Gasteiger partial charge in [0.2, 0.25) is 5.95 Å². The summed E-state index contributed by atoms with van der Waals surface area (Å²) in [6, 6.07) is 0. The molecule has 230 valence electrons. The zero-order valence-electron chi connectivity index (χ0n) is 21.8. The molecule has 2 unspecified atom stereocenters. The summed E-state index contributed by atoms with van der Waals surface area (Å²) in [6.07, 6.45) is -0.869. The second-order valence-electron chi connectivity index (χ2n) is 9.60. The first-order valence-corrected chi connectivity index (χ1v) is 16.5. The predicted octanol–water partition coefficient (Wildman–Crippen LogP) is -0.747. The van der Waals surface area contributed by atoms with Gasteiger partial charge in [-0.3, -0.25) is 33.2 Å². The summed E-state index contributed by atoms with van der Waals surface area (Å²) >= 11 is 5.18. The van der Waals surface area contributed by atoms with Crippen molar-refractivity contribution in [3.63, 3.8) is 0 Å². The van der Waals surface area contributed by atoms with Crippen molar-refractivity contribution in [3.8, 4) is 0 Å². The fraction of sp³-hybridized carbons (Fsp3) is 0.550. The molecule has 5 heterocycles. The number of anilines is 1. The monoisotopic (exact) mass is 651 g/mol. The molecule has 22 heteroatoms. The Bertz CT molecular complexity index is 1750. The van der Waals surface area contributed by atoms with E-state index in [1.807, 2.05) is 0 Å². The quantitative estimate of drug-likeness (QED) is 0.147. The van der Waals surface area contributed by atoms with E-state index in [-0.39, 0.29) is 30.1 Å². The van der Waals surface area contributed by atoms with Gasteiger partial charge in [0.15, 0.2) is 11.2 Å². The molecule has 19 nitrogen and oxygen atoms in total. The Morgan fingerprint density at radius 1 is 1.10 bits per heavy atom. The van der Waals surface area contributed by atoms with Crippen molar-refractivity contribution in [1.82, 2.24) is 29.1 Å². The molecule has 5 rings (SSSR count). The molecule has 3 aromatic rings. The van der Waals surface area contributed by atoms with Crippen LogP contribution < -0.4 is 22.5 Å². The van der Waals surface area contributed by atoms with Crippen molar-refractivity contribution < 1.29 is 42.3 Å². The molecule has 42 heavy (non-hydrogen) atoms. The zero-order valence-corrected chi connectivity index (χ0v) is 24.4. The lowest BCUT2D eigenvalue weighted by atomic mass is 10.2. The van der Waals surface area contributed by atoms with E-state index in [1.165, 1.54) is 21.7 Å². The highest BCUT2D eigenvalue weighted by molar-refractivity contribution is 8.07. The minimum Gasteiger partial charge on any atom is -0.369 e. The summed E-state index contributed by atoms with van der Waals surface area (Å²) in [6.45, 7) is -3.26. The van der Waals surface area contributed by atoms with Gasteiger partial charge in [0, 0.05) is 18.2 Å². The molecule has 2 saturated heterocycles. The lowest BCUT2D eigenvalue weighted by Gasteiger charge is -2.24. The number of ether oxygens (including phenoxy) is 2. The van der Waals surface area contributed by atoms with Crippen molar-refractivity contribution >= 4 is 43.5 Å². The van der Waals surface area contributed by atoms with E-state index in [4.69, 9.17) is 36.1 Å². The Morgan fingerprint density at radius 2 is 1.86 bits per heavy atom. The Balaban J connectivity index is 1.26. The van der Waals surface area contributed by atoms with Crippen LogP contribution in [0.25, 0.3) is 11.2 Å². The van der Waals surface area contributed by atoms with Gasteiger partial charge in [-0.2, -0.15) is 4.98 Å². The summed E-state index contributed by atoms with van der Waals surface area (Å²) in [4.78, 5) is 77.8. The summed E-state index contributed by atoms with van der Waals surface area (Å²) in [5.41, 5.74) is 4.34. The second-order valence-corrected chi connectivity index (χ2v) is 13.6. The zero-order chi connectivity index (χ0) is 30.4. The smallest absolute Gasteiger partial charge is 0.369 e. The topological polar surface area (TPSA) is 268 Å². The predicted molar refractivity (Wildman–Crippen MR) is 146 cm³/mol. The van der Waals surface area contributed by atoms with Crippen molar-refractivity contribution in [3.05, 3.63) is 49.3 Å². The van der Waals surface area contributed by atoms with E-state index in [9.17, 15) is 33.6 Å². The van der Waals surface area contributed by atoms with Crippen LogP contribution in [-0.2, 0) is 39.4 Å². The highest BCUT2D eigenvalue weighted by Gasteiger charge is 2.42. The molecule has 7 N–H and O–H groups in total. The fourth-order valence-electron chi connectivity index (χ4n) is 4.65. The number of nitrogens with one attached hydrogen (secondary N) is 2. The number of imidazole rings is 1. The Kier molecular flexibility index (Phi) is 8.68. The van der Waals surface area contributed by atoms with Gasteiger partial charge in [-0.25, -0.2) is 14.3 Å². The number of fused-ring (bicyclic) bond motifs is 1. The molecular formula is C20H27N7O12P2S. The van der Waals surface area contributed by atoms with Gasteiger partial charge in [-0.15, -0.1) is 0 Å². The molecule has 0 aliphatic carbocycles. The first kappa shape index (κ1) is 30.8. The normalized spacial score (nSPS) is 26.1. The molecule has 0 spiro atoms. The highest BCUT2D eigenvalue weighted by atomic mass is 32.5. The van der Waals surface area contributed by atoms with E-state index in [0.717, 1.165) is 0 Å². The van der Waals surface area contributed by atoms with E-state index >= 15 is 0 Å². The van der Waals surface area contributed by atoms with Crippen LogP contribution in [0.4, 0.5) is 5.95 Å². The molecule has 0 saturated carbocycles. The van der Waals surface area contributed by atoms with Crippen LogP contribution in [-0.4, -0.2) is 75.3 Å². The maximum Gasteiger partial charge on any atom is 0.469 e. The summed E-state index contributed by atoms with van der Waals surface area (Å²) in [5, 5.41) is 0. The molecule has 0 bridgehead atoms. The Morgan fingerprint density at radius 3 is 2.60 bits per heavy atom.